The van der Waals surface area contributed by atoms with Crippen LogP contribution in [0.2, 0.25) is 0 Å². The lowest BCUT2D eigenvalue weighted by atomic mass is 9.87. The zero-order valence-electron chi connectivity index (χ0n) is 11.2. The predicted octanol–water partition coefficient (Wildman–Crippen LogP) is 2.64. The molecule has 0 aliphatic heterocycles. The molecular formula is C14H28N2. The van der Waals surface area contributed by atoms with Crippen LogP contribution in [0.3, 0.4) is 0 Å². The van der Waals surface area contributed by atoms with Gasteiger partial charge in [0.25, 0.3) is 0 Å². The zero-order chi connectivity index (χ0) is 11.5. The lowest BCUT2D eigenvalue weighted by molar-refractivity contribution is 0.220. The molecule has 2 aliphatic rings. The summed E-state index contributed by atoms with van der Waals surface area (Å²) in [5.74, 6) is 0.933. The van der Waals surface area contributed by atoms with Crippen molar-refractivity contribution in [3.8, 4) is 0 Å². The molecule has 0 aromatic carbocycles. The van der Waals surface area contributed by atoms with E-state index in [0.717, 1.165) is 18.0 Å². The quantitative estimate of drug-likeness (QED) is 0.772. The highest BCUT2D eigenvalue weighted by atomic mass is 15.2. The first kappa shape index (κ1) is 12.4. The molecule has 1 N–H and O–H groups in total. The molecule has 2 rings (SSSR count). The fraction of sp³-hybridized carbons (Fsp3) is 1.00. The van der Waals surface area contributed by atoms with E-state index in [4.69, 9.17) is 0 Å². The van der Waals surface area contributed by atoms with Crippen molar-refractivity contribution in [2.24, 2.45) is 5.92 Å². The fourth-order valence-electron chi connectivity index (χ4n) is 2.94. The molecular weight excluding hydrogens is 196 g/mol. The van der Waals surface area contributed by atoms with Crippen LogP contribution >= 0.6 is 0 Å². The minimum Gasteiger partial charge on any atom is -0.312 e. The van der Waals surface area contributed by atoms with Crippen molar-refractivity contribution in [3.05, 3.63) is 0 Å². The van der Waals surface area contributed by atoms with Gasteiger partial charge in [0, 0.05) is 24.7 Å². The molecule has 0 aromatic heterocycles. The smallest absolute Gasteiger partial charge is 0.0192 e. The molecule has 16 heavy (non-hydrogen) atoms. The summed E-state index contributed by atoms with van der Waals surface area (Å²) in [5, 5.41) is 3.77. The number of rotatable bonds is 5. The van der Waals surface area contributed by atoms with Crippen molar-refractivity contribution in [2.45, 2.75) is 70.5 Å². The van der Waals surface area contributed by atoms with Crippen LogP contribution in [0.4, 0.5) is 0 Å². The summed E-state index contributed by atoms with van der Waals surface area (Å²) in [6, 6.07) is 2.38. The largest absolute Gasteiger partial charge is 0.312 e. The summed E-state index contributed by atoms with van der Waals surface area (Å²) in [6.07, 6.45) is 8.48. The van der Waals surface area contributed by atoms with Gasteiger partial charge in [0.05, 0.1) is 0 Å². The van der Waals surface area contributed by atoms with Crippen LogP contribution in [0.5, 0.6) is 0 Å². The van der Waals surface area contributed by atoms with E-state index in [2.05, 4.69) is 31.1 Å². The summed E-state index contributed by atoms with van der Waals surface area (Å²) in [5.41, 5.74) is 0. The van der Waals surface area contributed by atoms with Gasteiger partial charge in [0.2, 0.25) is 0 Å². The first-order chi connectivity index (χ1) is 7.66. The third-order valence-corrected chi connectivity index (χ3v) is 4.46. The molecule has 2 saturated carbocycles. The molecule has 0 spiro atoms. The van der Waals surface area contributed by atoms with E-state index in [-0.39, 0.29) is 0 Å². The van der Waals surface area contributed by atoms with E-state index in [0.29, 0.717) is 6.04 Å². The molecule has 0 radical (unpaired) electrons. The van der Waals surface area contributed by atoms with Crippen molar-refractivity contribution in [1.29, 1.82) is 0 Å². The van der Waals surface area contributed by atoms with Crippen LogP contribution in [0, 0.1) is 5.92 Å². The normalized spacial score (nSPS) is 33.0. The van der Waals surface area contributed by atoms with Gasteiger partial charge in [0.1, 0.15) is 0 Å². The number of hydrogen-bond donors (Lipinski definition) is 1. The third-order valence-electron chi connectivity index (χ3n) is 4.46. The molecule has 2 aliphatic carbocycles. The van der Waals surface area contributed by atoms with E-state index >= 15 is 0 Å². The summed E-state index contributed by atoms with van der Waals surface area (Å²) in [4.78, 5) is 2.55. The van der Waals surface area contributed by atoms with Crippen LogP contribution in [0.25, 0.3) is 0 Å². The Hall–Kier alpha value is -0.0800. The van der Waals surface area contributed by atoms with Crippen molar-refractivity contribution in [3.63, 3.8) is 0 Å². The summed E-state index contributed by atoms with van der Waals surface area (Å²) < 4.78 is 0. The third kappa shape index (κ3) is 3.46. The molecule has 3 atom stereocenters. The summed E-state index contributed by atoms with van der Waals surface area (Å²) in [6.45, 7) is 5.93. The van der Waals surface area contributed by atoms with E-state index in [9.17, 15) is 0 Å². The predicted molar refractivity (Wildman–Crippen MR) is 69.7 cm³/mol. The average molecular weight is 224 g/mol. The highest BCUT2D eigenvalue weighted by molar-refractivity contribution is 4.86. The topological polar surface area (TPSA) is 15.3 Å². The minimum absolute atomic E-state index is 0.699. The lowest BCUT2D eigenvalue weighted by Crippen LogP contribution is -2.43. The van der Waals surface area contributed by atoms with Gasteiger partial charge in [-0.05, 0) is 45.6 Å². The van der Waals surface area contributed by atoms with Gasteiger partial charge in [-0.2, -0.15) is 0 Å². The Kier molecular flexibility index (Phi) is 4.26. The van der Waals surface area contributed by atoms with E-state index < -0.39 is 0 Å². The number of hydrogen-bond acceptors (Lipinski definition) is 2. The minimum atomic E-state index is 0.699. The van der Waals surface area contributed by atoms with Gasteiger partial charge in [-0.1, -0.05) is 19.8 Å². The Morgan fingerprint density at radius 3 is 2.62 bits per heavy atom. The van der Waals surface area contributed by atoms with E-state index in [1.165, 1.54) is 45.1 Å². The first-order valence-corrected chi connectivity index (χ1v) is 7.12. The fourth-order valence-corrected chi connectivity index (χ4v) is 2.94. The molecule has 0 aromatic rings. The van der Waals surface area contributed by atoms with Crippen molar-refractivity contribution in [2.75, 3.05) is 13.6 Å². The highest BCUT2D eigenvalue weighted by Gasteiger charge is 2.29. The molecule has 94 valence electrons. The molecule has 0 amide bonds. The molecule has 2 fully saturated rings. The molecule has 0 bridgehead atoms. The maximum Gasteiger partial charge on any atom is 0.0192 e. The Labute approximate surface area is 101 Å². The second-order valence-electron chi connectivity index (χ2n) is 6.12. The Morgan fingerprint density at radius 2 is 2.00 bits per heavy atom. The van der Waals surface area contributed by atoms with Crippen LogP contribution in [-0.4, -0.2) is 36.6 Å². The number of nitrogens with one attached hydrogen (secondary N) is 1. The van der Waals surface area contributed by atoms with Gasteiger partial charge in [-0.25, -0.2) is 0 Å². The Bertz CT molecular complexity index is 211. The molecule has 3 unspecified atom stereocenters. The van der Waals surface area contributed by atoms with Crippen LogP contribution < -0.4 is 5.32 Å². The monoisotopic (exact) mass is 224 g/mol. The SMILES string of the molecule is CC1CCCC(NCC(C)N(C)C2CC2)C1. The van der Waals surface area contributed by atoms with Gasteiger partial charge >= 0.3 is 0 Å². The van der Waals surface area contributed by atoms with Crippen molar-refractivity contribution in [1.82, 2.24) is 10.2 Å². The van der Waals surface area contributed by atoms with Gasteiger partial charge < -0.3 is 5.32 Å². The van der Waals surface area contributed by atoms with Crippen molar-refractivity contribution >= 4 is 0 Å². The molecule has 0 heterocycles. The Morgan fingerprint density at radius 1 is 1.25 bits per heavy atom. The zero-order valence-corrected chi connectivity index (χ0v) is 11.2. The second kappa shape index (κ2) is 5.50. The average Bonchev–Trinajstić information content (AvgIpc) is 3.09. The molecule has 2 heteroatoms. The maximum atomic E-state index is 3.77. The standard InChI is InChI=1S/C14H28N2/c1-11-5-4-6-13(9-11)15-10-12(2)16(3)14-7-8-14/h11-15H,4-10H2,1-3H3. The maximum absolute atomic E-state index is 3.77. The lowest BCUT2D eigenvalue weighted by Gasteiger charge is -2.31. The van der Waals surface area contributed by atoms with Gasteiger partial charge in [-0.15, -0.1) is 0 Å². The Balaban J connectivity index is 1.65. The number of likely N-dealkylation sites (N-methyl/N-ethyl adjacent to an activating group) is 1. The van der Waals surface area contributed by atoms with E-state index in [1.54, 1.807) is 0 Å². The van der Waals surface area contributed by atoms with Gasteiger partial charge in [-0.3, -0.25) is 4.90 Å². The van der Waals surface area contributed by atoms with E-state index in [1.807, 2.05) is 0 Å². The molecule has 0 saturated heterocycles. The molecule has 2 nitrogen and oxygen atoms in total. The van der Waals surface area contributed by atoms with Crippen LogP contribution in [-0.2, 0) is 0 Å². The first-order valence-electron chi connectivity index (χ1n) is 7.12. The van der Waals surface area contributed by atoms with Crippen LogP contribution in [0.15, 0.2) is 0 Å². The second-order valence-corrected chi connectivity index (χ2v) is 6.12. The summed E-state index contributed by atoms with van der Waals surface area (Å²) in [7, 11) is 2.29. The van der Waals surface area contributed by atoms with Gasteiger partial charge in [0.15, 0.2) is 0 Å². The van der Waals surface area contributed by atoms with Crippen LogP contribution in [0.1, 0.15) is 52.4 Å². The van der Waals surface area contributed by atoms with Crippen molar-refractivity contribution < 1.29 is 0 Å². The summed E-state index contributed by atoms with van der Waals surface area (Å²) >= 11 is 0. The number of nitrogens with zero attached hydrogens (tertiary/aromatic N) is 1. The highest BCUT2D eigenvalue weighted by Crippen LogP contribution is 2.27.